The zero-order chi connectivity index (χ0) is 32.1. The normalized spacial score (nSPS) is 18.0. The number of hydrogen-bond acceptors (Lipinski definition) is 0. The molecule has 0 aromatic heterocycles. The van der Waals surface area contributed by atoms with Crippen LogP contribution in [0.2, 0.25) is 0 Å². The summed E-state index contributed by atoms with van der Waals surface area (Å²) >= 11 is -1.40. The van der Waals surface area contributed by atoms with Crippen LogP contribution in [-0.2, 0) is 33.6 Å². The van der Waals surface area contributed by atoms with Gasteiger partial charge in [0.05, 0.1) is 0 Å². The molecule has 0 radical (unpaired) electrons. The van der Waals surface area contributed by atoms with E-state index in [0.717, 1.165) is 6.42 Å². The molecule has 0 amide bonds. The molecule has 4 aromatic rings. The van der Waals surface area contributed by atoms with Crippen molar-refractivity contribution < 1.29 is 47.6 Å². The second-order valence-corrected chi connectivity index (χ2v) is 17.9. The van der Waals surface area contributed by atoms with Crippen molar-refractivity contribution in [1.82, 2.24) is 0 Å². The average Bonchev–Trinajstić information content (AvgIpc) is 3.70. The topological polar surface area (TPSA) is 0 Å². The fourth-order valence-corrected chi connectivity index (χ4v) is 11.5. The Morgan fingerprint density at radius 3 is 1.79 bits per heavy atom. The summed E-state index contributed by atoms with van der Waals surface area (Å²) in [7, 11) is 0. The molecule has 3 aliphatic carbocycles. The predicted octanol–water partition coefficient (Wildman–Crippen LogP) is 3.35. The molecule has 1 atom stereocenters. The van der Waals surface area contributed by atoms with Gasteiger partial charge in [-0.3, -0.25) is 0 Å². The molecule has 0 heterocycles. The minimum atomic E-state index is -1.40. The van der Waals surface area contributed by atoms with Crippen molar-refractivity contribution in [3.8, 4) is 0 Å². The quantitative estimate of drug-likeness (QED) is 0.295. The Labute approximate surface area is 310 Å². The minimum absolute atomic E-state index is 0. The largest absolute Gasteiger partial charge is 1.00 e. The molecule has 0 aliphatic heterocycles. The monoisotopic (exact) mass is 743 g/mol. The summed E-state index contributed by atoms with van der Waals surface area (Å²) in [5.74, 6) is 0. The zero-order valence-electron chi connectivity index (χ0n) is 28.7. The summed E-state index contributed by atoms with van der Waals surface area (Å²) in [6.07, 6.45) is 13.0. The van der Waals surface area contributed by atoms with Gasteiger partial charge in [-0.25, -0.2) is 0 Å². The molecule has 3 heteroatoms. The van der Waals surface area contributed by atoms with Gasteiger partial charge >= 0.3 is 288 Å². The summed E-state index contributed by atoms with van der Waals surface area (Å²) in [5.41, 5.74) is 11.1. The molecule has 0 N–H and O–H groups in total. The molecular weight excluding hydrogens is 703 g/mol. The Morgan fingerprint density at radius 2 is 1.27 bits per heavy atom. The van der Waals surface area contributed by atoms with E-state index in [9.17, 15) is 0 Å². The van der Waals surface area contributed by atoms with Crippen LogP contribution in [-0.4, -0.2) is 3.21 Å². The molecular formula is C45H43Cl2Zr. The Bertz CT molecular complexity index is 2060. The second-order valence-electron chi connectivity index (χ2n) is 14.9. The van der Waals surface area contributed by atoms with Crippen molar-refractivity contribution in [3.05, 3.63) is 189 Å². The third kappa shape index (κ3) is 6.24. The fourth-order valence-electron chi connectivity index (χ4n) is 7.60. The summed E-state index contributed by atoms with van der Waals surface area (Å²) in [5, 5.41) is 2.86. The average molecular weight is 746 g/mol. The maximum atomic E-state index is 2.56. The van der Waals surface area contributed by atoms with Gasteiger partial charge in [-0.2, -0.15) is 0 Å². The number of halogens is 2. The van der Waals surface area contributed by atoms with E-state index in [1.54, 1.807) is 3.28 Å². The molecule has 0 spiro atoms. The van der Waals surface area contributed by atoms with Crippen LogP contribution >= 0.6 is 0 Å². The Morgan fingerprint density at radius 1 is 0.688 bits per heavy atom. The van der Waals surface area contributed by atoms with Crippen LogP contribution in [0.5, 0.6) is 0 Å². The summed E-state index contributed by atoms with van der Waals surface area (Å²) in [4.78, 5) is 0. The molecule has 0 saturated carbocycles. The number of fused-ring (bicyclic) bond motifs is 2. The smallest absolute Gasteiger partial charge is 1.00 e. The van der Waals surface area contributed by atoms with Crippen molar-refractivity contribution in [3.63, 3.8) is 0 Å². The van der Waals surface area contributed by atoms with Crippen molar-refractivity contribution in [2.24, 2.45) is 5.41 Å². The molecule has 241 valence electrons. The second kappa shape index (κ2) is 14.0. The Kier molecular flexibility index (Phi) is 10.6. The Balaban J connectivity index is 0.00000225. The summed E-state index contributed by atoms with van der Waals surface area (Å²) in [6, 6.07) is 41.0. The number of hydrogen-bond donors (Lipinski definition) is 0. The first-order valence-corrected chi connectivity index (χ1v) is 19.1. The number of rotatable bonds is 5. The van der Waals surface area contributed by atoms with Crippen molar-refractivity contribution >= 4 is 12.1 Å². The maximum Gasteiger partial charge on any atom is -1.00 e. The van der Waals surface area contributed by atoms with Gasteiger partial charge in [0.2, 0.25) is 0 Å². The SMILES string of the molecule is CC(C)(C)c1ccc2c(c1)=[C]([Zr+2]=[C](c1ccccc1)c1ccccc1)C1=C(C3=CC=CC3)C(c3ccccc3)(C(C)(C)C)C=CC=21.[Cl-].[Cl-]. The third-order valence-electron chi connectivity index (χ3n) is 9.99. The van der Waals surface area contributed by atoms with E-state index >= 15 is 0 Å². The van der Waals surface area contributed by atoms with Crippen LogP contribution in [0.3, 0.4) is 0 Å². The van der Waals surface area contributed by atoms with Crippen molar-refractivity contribution in [2.75, 3.05) is 0 Å². The standard InChI is InChI=1S/C32H33.C13H10.2ClH.Zr/c1-30(2,3)25-16-17-26-23(20-25)21-28-27(26)18-19-32(31(4,5)6,24-14-8-7-9-15-24)29(28)22-12-10-11-13-22;1-3-7-12(8-4-1)11-13-9-5-2-6-10-13;;;/h7-12,14-20H,13H2,1-6H3;1-10H;2*1H;/q;;;;+2/p-2. The van der Waals surface area contributed by atoms with E-state index in [4.69, 9.17) is 0 Å². The summed E-state index contributed by atoms with van der Waals surface area (Å²) in [6.45, 7) is 14.3. The van der Waals surface area contributed by atoms with Gasteiger partial charge < -0.3 is 24.8 Å². The van der Waals surface area contributed by atoms with Gasteiger partial charge in [0, 0.05) is 0 Å². The van der Waals surface area contributed by atoms with E-state index in [-0.39, 0.29) is 41.1 Å². The molecule has 0 bridgehead atoms. The zero-order valence-corrected chi connectivity index (χ0v) is 32.7. The molecule has 0 saturated heterocycles. The predicted molar refractivity (Wildman–Crippen MR) is 193 cm³/mol. The fraction of sp³-hybridized carbons (Fsp3) is 0.222. The van der Waals surface area contributed by atoms with E-state index < -0.39 is 22.8 Å². The first-order valence-electron chi connectivity index (χ1n) is 16.6. The molecule has 48 heavy (non-hydrogen) atoms. The van der Waals surface area contributed by atoms with Crippen molar-refractivity contribution in [1.29, 1.82) is 0 Å². The van der Waals surface area contributed by atoms with Gasteiger partial charge in [0.1, 0.15) is 0 Å². The first kappa shape index (κ1) is 36.2. The van der Waals surface area contributed by atoms with Crippen LogP contribution < -0.4 is 35.3 Å². The van der Waals surface area contributed by atoms with E-state index in [2.05, 4.69) is 181 Å². The molecule has 1 unspecified atom stereocenters. The Hall–Kier alpha value is -3.09. The van der Waals surface area contributed by atoms with Gasteiger partial charge in [-0.05, 0) is 0 Å². The van der Waals surface area contributed by atoms with E-state index in [1.165, 1.54) is 58.2 Å². The third-order valence-corrected chi connectivity index (χ3v) is 13.9. The van der Waals surface area contributed by atoms with Crippen molar-refractivity contribution in [2.45, 2.75) is 58.8 Å². The van der Waals surface area contributed by atoms with Crippen LogP contribution in [0.1, 0.15) is 70.2 Å². The van der Waals surface area contributed by atoms with Gasteiger partial charge in [-0.15, -0.1) is 0 Å². The molecule has 4 aromatic carbocycles. The minimum Gasteiger partial charge on any atom is -1.00 e. The number of allylic oxidation sites excluding steroid dienone is 8. The van der Waals surface area contributed by atoms with Gasteiger partial charge in [0.15, 0.2) is 0 Å². The molecule has 0 fully saturated rings. The van der Waals surface area contributed by atoms with Gasteiger partial charge in [0.25, 0.3) is 0 Å². The first-order chi connectivity index (χ1) is 22.1. The van der Waals surface area contributed by atoms with E-state index in [0.29, 0.717) is 0 Å². The number of benzene rings is 4. The summed E-state index contributed by atoms with van der Waals surface area (Å²) < 4.78 is 3.15. The maximum absolute atomic E-state index is 2.56. The van der Waals surface area contributed by atoms with Crippen LogP contribution in [0.15, 0.2) is 156 Å². The van der Waals surface area contributed by atoms with Crippen LogP contribution in [0.25, 0.3) is 8.85 Å². The van der Waals surface area contributed by atoms with Crippen LogP contribution in [0, 0.1) is 5.41 Å². The molecule has 7 rings (SSSR count). The molecule has 0 nitrogen and oxygen atoms in total. The van der Waals surface area contributed by atoms with Gasteiger partial charge in [-0.1, -0.05) is 0 Å². The van der Waals surface area contributed by atoms with Crippen LogP contribution in [0.4, 0.5) is 0 Å². The molecule has 3 aliphatic rings. The van der Waals surface area contributed by atoms with E-state index in [1.807, 2.05) is 0 Å².